The van der Waals surface area contributed by atoms with Crippen LogP contribution in [-0.4, -0.2) is 28.5 Å². The molecule has 0 atom stereocenters. The van der Waals surface area contributed by atoms with Crippen LogP contribution in [0.5, 0.6) is 0 Å². The molecule has 0 aliphatic heterocycles. The summed E-state index contributed by atoms with van der Waals surface area (Å²) in [6.07, 6.45) is -2.90. The summed E-state index contributed by atoms with van der Waals surface area (Å²) in [4.78, 5) is 34.7. The molecule has 2 N–H and O–H groups in total. The SMILES string of the molecule is O=C(CSc1ccc(C(F)(F)F)cc1[N+](=O)[O-])Nc1ccccc1C(=O)NC1CC1. The van der Waals surface area contributed by atoms with Gasteiger partial charge in [0.1, 0.15) is 0 Å². The van der Waals surface area contributed by atoms with Crippen LogP contribution in [0.2, 0.25) is 0 Å². The number of halogens is 3. The van der Waals surface area contributed by atoms with Crippen molar-refractivity contribution < 1.29 is 27.7 Å². The van der Waals surface area contributed by atoms with Gasteiger partial charge in [0.2, 0.25) is 5.91 Å². The molecular weight excluding hydrogens is 423 g/mol. The molecule has 1 aliphatic rings. The zero-order valence-electron chi connectivity index (χ0n) is 15.4. The largest absolute Gasteiger partial charge is 0.416 e. The highest BCUT2D eigenvalue weighted by molar-refractivity contribution is 8.00. The van der Waals surface area contributed by atoms with Gasteiger partial charge in [0.05, 0.1) is 32.4 Å². The second kappa shape index (κ2) is 8.74. The van der Waals surface area contributed by atoms with E-state index in [1.54, 1.807) is 24.3 Å². The number of thioether (sulfide) groups is 1. The third-order valence-electron chi connectivity index (χ3n) is 4.20. The maximum absolute atomic E-state index is 12.8. The first-order valence-corrected chi connectivity index (χ1v) is 9.82. The lowest BCUT2D eigenvalue weighted by atomic mass is 10.1. The Labute approximate surface area is 173 Å². The number of amides is 2. The Morgan fingerprint density at radius 1 is 1.17 bits per heavy atom. The van der Waals surface area contributed by atoms with Crippen molar-refractivity contribution in [2.75, 3.05) is 11.1 Å². The molecule has 3 rings (SSSR count). The van der Waals surface area contributed by atoms with E-state index in [1.165, 1.54) is 0 Å². The first kappa shape index (κ1) is 21.6. The van der Waals surface area contributed by atoms with Gasteiger partial charge in [0.15, 0.2) is 0 Å². The van der Waals surface area contributed by atoms with Gasteiger partial charge in [-0.05, 0) is 37.1 Å². The number of nitro benzene ring substituents is 1. The summed E-state index contributed by atoms with van der Waals surface area (Å²) in [5.41, 5.74) is -1.31. The molecule has 0 unspecified atom stereocenters. The third kappa shape index (κ3) is 5.50. The molecule has 0 bridgehead atoms. The number of carbonyl (C=O) groups is 2. The van der Waals surface area contributed by atoms with Crippen molar-refractivity contribution >= 4 is 35.0 Å². The standard InChI is InChI=1S/C19H16F3N3O4S/c20-19(21,22)11-5-8-16(15(9-11)25(28)29)30-10-17(26)24-14-4-2-1-3-13(14)18(27)23-12-6-7-12/h1-5,8-9,12H,6-7,10H2,(H,23,27)(H,24,26). The lowest BCUT2D eigenvalue weighted by molar-refractivity contribution is -0.388. The predicted octanol–water partition coefficient (Wildman–Crippen LogP) is 4.24. The molecule has 0 heterocycles. The van der Waals surface area contributed by atoms with Crippen molar-refractivity contribution in [2.45, 2.75) is 30.0 Å². The van der Waals surface area contributed by atoms with Crippen LogP contribution in [0.3, 0.4) is 0 Å². The molecule has 0 saturated heterocycles. The fraction of sp³-hybridized carbons (Fsp3) is 0.263. The average molecular weight is 439 g/mol. The van der Waals surface area contributed by atoms with Crippen LogP contribution in [0, 0.1) is 10.1 Å². The van der Waals surface area contributed by atoms with Gasteiger partial charge >= 0.3 is 6.18 Å². The molecule has 1 saturated carbocycles. The maximum Gasteiger partial charge on any atom is 0.416 e. The summed E-state index contributed by atoms with van der Waals surface area (Å²) in [5, 5.41) is 16.5. The number of carbonyl (C=O) groups excluding carboxylic acids is 2. The molecule has 11 heteroatoms. The van der Waals surface area contributed by atoms with E-state index >= 15 is 0 Å². The summed E-state index contributed by atoms with van der Waals surface area (Å²) in [6, 6.07) is 8.66. The topological polar surface area (TPSA) is 101 Å². The van der Waals surface area contributed by atoms with Gasteiger partial charge in [-0.1, -0.05) is 12.1 Å². The minimum atomic E-state index is -4.71. The average Bonchev–Trinajstić information content (AvgIpc) is 3.49. The first-order valence-electron chi connectivity index (χ1n) is 8.83. The molecule has 7 nitrogen and oxygen atoms in total. The van der Waals surface area contributed by atoms with Gasteiger partial charge in [0.25, 0.3) is 11.6 Å². The number of hydrogen-bond acceptors (Lipinski definition) is 5. The van der Waals surface area contributed by atoms with E-state index in [9.17, 15) is 32.9 Å². The van der Waals surface area contributed by atoms with Gasteiger partial charge in [0, 0.05) is 12.1 Å². The van der Waals surface area contributed by atoms with Crippen LogP contribution < -0.4 is 10.6 Å². The van der Waals surface area contributed by atoms with Crippen LogP contribution in [-0.2, 0) is 11.0 Å². The molecule has 2 amide bonds. The van der Waals surface area contributed by atoms with E-state index in [0.29, 0.717) is 6.07 Å². The number of nitrogens with one attached hydrogen (secondary N) is 2. The third-order valence-corrected chi connectivity index (χ3v) is 5.26. The van der Waals surface area contributed by atoms with Gasteiger partial charge in [-0.25, -0.2) is 0 Å². The Balaban J connectivity index is 1.68. The summed E-state index contributed by atoms with van der Waals surface area (Å²) in [5.74, 6) is -1.16. The molecule has 30 heavy (non-hydrogen) atoms. The molecule has 2 aromatic rings. The van der Waals surface area contributed by atoms with Crippen molar-refractivity contribution in [3.05, 3.63) is 63.7 Å². The highest BCUT2D eigenvalue weighted by Gasteiger charge is 2.33. The van der Waals surface area contributed by atoms with Crippen LogP contribution in [0.4, 0.5) is 24.5 Å². The van der Waals surface area contributed by atoms with E-state index < -0.39 is 28.3 Å². The fourth-order valence-electron chi connectivity index (χ4n) is 2.57. The fourth-order valence-corrected chi connectivity index (χ4v) is 3.37. The lowest BCUT2D eigenvalue weighted by Gasteiger charge is -2.11. The number of alkyl halides is 3. The van der Waals surface area contributed by atoms with Crippen molar-refractivity contribution in [3.63, 3.8) is 0 Å². The van der Waals surface area contributed by atoms with Gasteiger partial charge < -0.3 is 10.6 Å². The Morgan fingerprint density at radius 3 is 2.50 bits per heavy atom. The van der Waals surface area contributed by atoms with Crippen molar-refractivity contribution in [2.24, 2.45) is 0 Å². The molecule has 158 valence electrons. The normalized spacial score (nSPS) is 13.6. The minimum Gasteiger partial charge on any atom is -0.349 e. The molecule has 2 aromatic carbocycles. The molecule has 0 radical (unpaired) electrons. The smallest absolute Gasteiger partial charge is 0.349 e. The molecule has 0 aromatic heterocycles. The van der Waals surface area contributed by atoms with Crippen LogP contribution >= 0.6 is 11.8 Å². The molecule has 1 fully saturated rings. The summed E-state index contributed by atoms with van der Waals surface area (Å²) >= 11 is 0.735. The van der Waals surface area contributed by atoms with Crippen LogP contribution in [0.1, 0.15) is 28.8 Å². The number of nitro groups is 1. The van der Waals surface area contributed by atoms with E-state index in [4.69, 9.17) is 0 Å². The predicted molar refractivity (Wildman–Crippen MR) is 104 cm³/mol. The highest BCUT2D eigenvalue weighted by atomic mass is 32.2. The summed E-state index contributed by atoms with van der Waals surface area (Å²) < 4.78 is 38.3. The van der Waals surface area contributed by atoms with E-state index in [1.807, 2.05) is 0 Å². The highest BCUT2D eigenvalue weighted by Crippen LogP contribution is 2.36. The van der Waals surface area contributed by atoms with Crippen LogP contribution in [0.25, 0.3) is 0 Å². The summed E-state index contributed by atoms with van der Waals surface area (Å²) in [7, 11) is 0. The van der Waals surface area contributed by atoms with Crippen molar-refractivity contribution in [1.29, 1.82) is 0 Å². The number of nitrogens with zero attached hydrogens (tertiary/aromatic N) is 1. The quantitative estimate of drug-likeness (QED) is 0.382. The van der Waals surface area contributed by atoms with E-state index in [-0.39, 0.29) is 33.8 Å². The first-order chi connectivity index (χ1) is 14.1. The number of hydrogen-bond donors (Lipinski definition) is 2. The monoisotopic (exact) mass is 439 g/mol. The second-order valence-electron chi connectivity index (χ2n) is 6.57. The van der Waals surface area contributed by atoms with Gasteiger partial charge in [-0.3, -0.25) is 19.7 Å². The zero-order chi connectivity index (χ0) is 21.9. The van der Waals surface area contributed by atoms with E-state index in [2.05, 4.69) is 10.6 Å². The van der Waals surface area contributed by atoms with E-state index in [0.717, 1.165) is 36.7 Å². The minimum absolute atomic E-state index is 0.0667. The molecule has 1 aliphatic carbocycles. The Kier molecular flexibility index (Phi) is 6.30. The molecule has 0 spiro atoms. The number of benzene rings is 2. The Morgan fingerprint density at radius 2 is 1.87 bits per heavy atom. The maximum atomic E-state index is 12.8. The lowest BCUT2D eigenvalue weighted by Crippen LogP contribution is -2.27. The van der Waals surface area contributed by atoms with Crippen LogP contribution in [0.15, 0.2) is 47.4 Å². The Bertz CT molecular complexity index is 993. The van der Waals surface area contributed by atoms with Gasteiger partial charge in [-0.15, -0.1) is 11.8 Å². The van der Waals surface area contributed by atoms with Crippen molar-refractivity contribution in [1.82, 2.24) is 5.32 Å². The van der Waals surface area contributed by atoms with Crippen molar-refractivity contribution in [3.8, 4) is 0 Å². The number of para-hydroxylation sites is 1. The second-order valence-corrected chi connectivity index (χ2v) is 7.58. The summed E-state index contributed by atoms with van der Waals surface area (Å²) in [6.45, 7) is 0. The Hall–Kier alpha value is -3.08. The number of rotatable bonds is 7. The molecular formula is C19H16F3N3O4S. The number of anilines is 1. The van der Waals surface area contributed by atoms with Gasteiger partial charge in [-0.2, -0.15) is 13.2 Å². The zero-order valence-corrected chi connectivity index (χ0v) is 16.2.